The molecule has 0 N–H and O–H groups in total. The summed E-state index contributed by atoms with van der Waals surface area (Å²) in [5.41, 5.74) is 9.97. The predicted octanol–water partition coefficient (Wildman–Crippen LogP) is 9.62. The van der Waals surface area contributed by atoms with Gasteiger partial charge in [-0.2, -0.15) is 6.07 Å². The number of imidazole rings is 2. The smallest absolute Gasteiger partial charge is 0.509 e. The van der Waals surface area contributed by atoms with Crippen LogP contribution in [0.25, 0.3) is 61.3 Å². The Balaban J connectivity index is 0.00000348. The first-order valence-corrected chi connectivity index (χ1v) is 16.1. The average molecular weight is 820 g/mol. The number of aryl methyl sites for hydroxylation is 2. The van der Waals surface area contributed by atoms with Gasteiger partial charge in [0, 0.05) is 29.4 Å². The molecule has 8 heteroatoms. The Labute approximate surface area is 298 Å². The summed E-state index contributed by atoms with van der Waals surface area (Å²) in [4.78, 5) is 14.7. The molecule has 9 aromatic rings. The Morgan fingerprint density at radius 1 is 0.694 bits per heavy atom. The second kappa shape index (κ2) is 11.4. The van der Waals surface area contributed by atoms with Crippen LogP contribution in [0, 0.1) is 26.0 Å². The molecule has 0 aliphatic heterocycles. The molecule has 0 fully saturated rings. The number of para-hydroxylation sites is 2. The molecule has 0 radical (unpaired) electrons. The van der Waals surface area contributed by atoms with E-state index < -0.39 is 0 Å². The molecule has 0 saturated heterocycles. The fourth-order valence-electron chi connectivity index (χ4n) is 6.79. The Hall–Kier alpha value is -5.26. The van der Waals surface area contributed by atoms with Gasteiger partial charge >= 0.3 is 21.1 Å². The number of hydrogen-bond donors (Lipinski definition) is 0. The minimum absolute atomic E-state index is 0. The third-order valence-corrected chi connectivity index (χ3v) is 9.26. The summed E-state index contributed by atoms with van der Waals surface area (Å²) in [6, 6.07) is 38.1. The maximum Gasteiger partial charge on any atom is 2.00 e. The summed E-state index contributed by atoms with van der Waals surface area (Å²) in [5.74, 6) is 2.79. The van der Waals surface area contributed by atoms with Crippen molar-refractivity contribution in [3.63, 3.8) is 0 Å². The third kappa shape index (κ3) is 4.87. The van der Waals surface area contributed by atoms with E-state index in [1.165, 1.54) is 11.1 Å². The summed E-state index contributed by atoms with van der Waals surface area (Å²) in [6.07, 6.45) is 3.75. The molecule has 242 valence electrons. The molecular formula is C41H32N6OPt. The number of ether oxygens (including phenoxy) is 1. The number of fused-ring (bicyclic) bond motifs is 8. The predicted molar refractivity (Wildman–Crippen MR) is 192 cm³/mol. The van der Waals surface area contributed by atoms with Crippen molar-refractivity contribution in [2.75, 3.05) is 0 Å². The zero-order valence-corrected chi connectivity index (χ0v) is 30.0. The van der Waals surface area contributed by atoms with Gasteiger partial charge in [-0.25, -0.2) is 9.97 Å². The second-order valence-corrected chi connectivity index (χ2v) is 13.4. The quantitative estimate of drug-likeness (QED) is 0.166. The molecule has 0 unspecified atom stereocenters. The van der Waals surface area contributed by atoms with Crippen LogP contribution in [-0.2, 0) is 26.5 Å². The van der Waals surface area contributed by atoms with Crippen molar-refractivity contribution in [2.45, 2.75) is 40.0 Å². The van der Waals surface area contributed by atoms with Crippen LogP contribution in [0.3, 0.4) is 0 Å². The van der Waals surface area contributed by atoms with Crippen molar-refractivity contribution in [2.24, 2.45) is 0 Å². The average Bonchev–Trinajstić information content (AvgIpc) is 3.72. The second-order valence-electron chi connectivity index (χ2n) is 13.4. The number of hydrogen-bond acceptors (Lipinski definition) is 4. The standard InChI is InChI=1S/C41H32N6O.Pt/c1-25-21-38(43-24-26(25)2)45-33-13-8-6-11-29(33)30-18-16-27(22-36(30)45)48-28-17-19-32-37(23-28)47-39-35(15-10-20-42-39)46(40(47)44-32)34-14-9-7-12-31(34)41(3,4)5;/h6-21,24H,1-5H3;/q-2;+2. The summed E-state index contributed by atoms with van der Waals surface area (Å²) in [7, 11) is 0. The Morgan fingerprint density at radius 2 is 1.43 bits per heavy atom. The van der Waals surface area contributed by atoms with Crippen LogP contribution in [0.5, 0.6) is 11.5 Å². The molecule has 5 aromatic heterocycles. The van der Waals surface area contributed by atoms with Gasteiger partial charge < -0.3 is 9.30 Å². The van der Waals surface area contributed by atoms with E-state index in [-0.39, 0.29) is 26.5 Å². The number of benzene rings is 4. The van der Waals surface area contributed by atoms with E-state index in [1.807, 2.05) is 36.7 Å². The first-order chi connectivity index (χ1) is 23.3. The summed E-state index contributed by atoms with van der Waals surface area (Å²) < 4.78 is 12.9. The zero-order chi connectivity index (χ0) is 32.7. The zero-order valence-electron chi connectivity index (χ0n) is 27.7. The Bertz CT molecular complexity index is 2730. The third-order valence-electron chi connectivity index (χ3n) is 9.26. The van der Waals surface area contributed by atoms with Gasteiger partial charge in [0.15, 0.2) is 5.65 Å². The van der Waals surface area contributed by atoms with Gasteiger partial charge in [0.1, 0.15) is 5.82 Å². The number of pyridine rings is 2. The molecule has 49 heavy (non-hydrogen) atoms. The first kappa shape index (κ1) is 31.0. The molecule has 0 aliphatic carbocycles. The molecule has 5 heterocycles. The molecule has 0 amide bonds. The van der Waals surface area contributed by atoms with E-state index in [0.717, 1.165) is 66.8 Å². The Morgan fingerprint density at radius 3 is 2.24 bits per heavy atom. The molecule has 0 spiro atoms. The van der Waals surface area contributed by atoms with Gasteiger partial charge in [-0.15, -0.1) is 35.7 Å². The van der Waals surface area contributed by atoms with E-state index in [0.29, 0.717) is 11.5 Å². The maximum atomic E-state index is 6.50. The van der Waals surface area contributed by atoms with Gasteiger partial charge in [0.25, 0.3) is 0 Å². The van der Waals surface area contributed by atoms with Crippen LogP contribution >= 0.6 is 0 Å². The first-order valence-electron chi connectivity index (χ1n) is 16.1. The maximum absolute atomic E-state index is 6.50. The largest absolute Gasteiger partial charge is 2.00 e. The molecule has 9 rings (SSSR count). The van der Waals surface area contributed by atoms with Crippen LogP contribution < -0.4 is 4.74 Å². The SMILES string of the molecule is Cc1cnc(-n2c3[c-]c(Oc4[c-]c5c(cc4)nc4n(-c6ccccc6C(C)(C)C)c6cccnc6n54)ccc3c3ccccc32)cc1C.[Pt+2]. The fourth-order valence-corrected chi connectivity index (χ4v) is 6.79. The van der Waals surface area contributed by atoms with Crippen molar-refractivity contribution in [1.29, 1.82) is 0 Å². The molecule has 0 aliphatic rings. The Kier molecular flexibility index (Phi) is 7.23. The summed E-state index contributed by atoms with van der Waals surface area (Å²) in [6.45, 7) is 10.9. The van der Waals surface area contributed by atoms with E-state index in [4.69, 9.17) is 19.7 Å². The van der Waals surface area contributed by atoms with Gasteiger partial charge in [0.2, 0.25) is 5.78 Å². The normalized spacial score (nSPS) is 12.0. The van der Waals surface area contributed by atoms with Gasteiger partial charge in [-0.05, 0) is 82.7 Å². The van der Waals surface area contributed by atoms with Crippen LogP contribution in [-0.4, -0.2) is 28.5 Å². The molecule has 0 saturated carbocycles. The number of rotatable bonds is 4. The van der Waals surface area contributed by atoms with Gasteiger partial charge in [-0.3, -0.25) is 14.0 Å². The molecular weight excluding hydrogens is 788 g/mol. The van der Waals surface area contributed by atoms with Crippen molar-refractivity contribution >= 4 is 49.8 Å². The van der Waals surface area contributed by atoms with Crippen LogP contribution in [0.1, 0.15) is 37.5 Å². The minimum atomic E-state index is -0.0663. The van der Waals surface area contributed by atoms with E-state index >= 15 is 0 Å². The van der Waals surface area contributed by atoms with Crippen LogP contribution in [0.15, 0.2) is 103 Å². The minimum Gasteiger partial charge on any atom is -0.509 e. The van der Waals surface area contributed by atoms with Crippen molar-refractivity contribution in [3.05, 3.63) is 132 Å². The summed E-state index contributed by atoms with van der Waals surface area (Å²) in [5, 5.41) is 2.23. The number of nitrogens with zero attached hydrogens (tertiary/aromatic N) is 6. The van der Waals surface area contributed by atoms with E-state index in [9.17, 15) is 0 Å². The molecule has 0 atom stereocenters. The molecule has 4 aromatic carbocycles. The van der Waals surface area contributed by atoms with Crippen LogP contribution in [0.2, 0.25) is 0 Å². The van der Waals surface area contributed by atoms with Crippen molar-refractivity contribution < 1.29 is 25.8 Å². The van der Waals surface area contributed by atoms with Crippen LogP contribution in [0.4, 0.5) is 0 Å². The van der Waals surface area contributed by atoms with Crippen molar-refractivity contribution in [3.8, 4) is 23.0 Å². The summed E-state index contributed by atoms with van der Waals surface area (Å²) >= 11 is 0. The fraction of sp³-hybridized carbons (Fsp3) is 0.146. The van der Waals surface area contributed by atoms with Crippen molar-refractivity contribution in [1.82, 2.24) is 28.5 Å². The van der Waals surface area contributed by atoms with Gasteiger partial charge in [-0.1, -0.05) is 62.7 Å². The topological polar surface area (TPSA) is 62.2 Å². The number of aromatic nitrogens is 6. The van der Waals surface area contributed by atoms with Gasteiger partial charge in [0.05, 0.1) is 11.2 Å². The monoisotopic (exact) mass is 819 g/mol. The molecule has 0 bridgehead atoms. The van der Waals surface area contributed by atoms with E-state index in [1.54, 1.807) is 0 Å². The van der Waals surface area contributed by atoms with E-state index in [2.05, 4.69) is 127 Å². The molecule has 7 nitrogen and oxygen atoms in total.